The van der Waals surface area contributed by atoms with Crippen LogP contribution < -0.4 is 19.5 Å². The average Bonchev–Trinajstić information content (AvgIpc) is 3.74. The van der Waals surface area contributed by atoms with Crippen molar-refractivity contribution >= 4 is 33.6 Å². The van der Waals surface area contributed by atoms with Gasteiger partial charge in [0.05, 0.1) is 17.4 Å². The predicted octanol–water partition coefficient (Wildman–Crippen LogP) is 4.52. The van der Waals surface area contributed by atoms with Crippen molar-refractivity contribution < 1.29 is 18.5 Å². The summed E-state index contributed by atoms with van der Waals surface area (Å²) in [7, 11) is 0.208. The number of amides is 1. The average molecular weight is 555 g/mol. The number of carbonyl (C=O) groups is 1. The summed E-state index contributed by atoms with van der Waals surface area (Å²) in [5.41, 5.74) is 4.54. The fraction of sp³-hybridized carbons (Fsp3) is 0.226. The molecule has 3 atom stereocenters. The Morgan fingerprint density at radius 2 is 1.88 bits per heavy atom. The molecule has 2 N–H and O–H groups in total. The smallest absolute Gasteiger partial charge is 0.244 e. The minimum absolute atomic E-state index is 0.134. The van der Waals surface area contributed by atoms with E-state index in [2.05, 4.69) is 27.7 Å². The Kier molecular flexibility index (Phi) is 6.89. The first-order chi connectivity index (χ1) is 19.4. The molecule has 0 radical (unpaired) electrons. The second-order valence-electron chi connectivity index (χ2n) is 9.96. The third-order valence-electron chi connectivity index (χ3n) is 7.44. The maximum absolute atomic E-state index is 14.0. The van der Waals surface area contributed by atoms with Gasteiger partial charge in [-0.05, 0) is 52.9 Å². The number of hydrogen-bond acceptors (Lipinski definition) is 6. The lowest BCUT2D eigenvalue weighted by atomic mass is 9.90. The number of fused-ring (bicyclic) bond motifs is 2. The van der Waals surface area contributed by atoms with Gasteiger partial charge < -0.3 is 19.4 Å². The minimum atomic E-state index is -1.75. The Labute approximate surface area is 235 Å². The van der Waals surface area contributed by atoms with E-state index < -0.39 is 16.9 Å². The number of hydrogen-bond donors (Lipinski definition) is 2. The van der Waals surface area contributed by atoms with Crippen molar-refractivity contribution in [3.63, 3.8) is 0 Å². The van der Waals surface area contributed by atoms with Gasteiger partial charge in [-0.3, -0.25) is 14.5 Å². The van der Waals surface area contributed by atoms with Crippen LogP contribution in [0, 0.1) is 0 Å². The number of rotatable bonds is 8. The molecule has 3 heterocycles. The van der Waals surface area contributed by atoms with Crippen LogP contribution in [0.25, 0.3) is 10.9 Å². The highest BCUT2D eigenvalue weighted by molar-refractivity contribution is 7.83. The number of carbonyl (C=O) groups excluding carboxylic acids is 1. The van der Waals surface area contributed by atoms with Gasteiger partial charge >= 0.3 is 0 Å². The number of allylic oxidation sites excluding steroid dienone is 1. The molecule has 4 aromatic rings. The second kappa shape index (κ2) is 10.7. The maximum Gasteiger partial charge on any atom is 0.244 e. The van der Waals surface area contributed by atoms with Crippen LogP contribution in [0.15, 0.2) is 89.4 Å². The summed E-state index contributed by atoms with van der Waals surface area (Å²) in [6.07, 6.45) is 3.82. The number of nitrogens with one attached hydrogen (secondary N) is 2. The summed E-state index contributed by atoms with van der Waals surface area (Å²) in [5.74, 6) is 1.15. The van der Waals surface area contributed by atoms with Crippen LogP contribution in [0.3, 0.4) is 0 Å². The summed E-state index contributed by atoms with van der Waals surface area (Å²) < 4.78 is 29.2. The van der Waals surface area contributed by atoms with Crippen molar-refractivity contribution in [2.75, 3.05) is 19.9 Å². The van der Waals surface area contributed by atoms with Gasteiger partial charge in [-0.15, -0.1) is 6.58 Å². The second-order valence-corrected chi connectivity index (χ2v) is 11.2. The van der Waals surface area contributed by atoms with E-state index in [9.17, 15) is 9.00 Å². The van der Waals surface area contributed by atoms with E-state index in [-0.39, 0.29) is 18.6 Å². The standard InChI is InChI=1S/C31H30N4O4S/c1-4-19(2)20-5-9-23(10-6-20)40(37)34-31(36)29(21-8-12-27-28(16-21)39-18-38-27)25-17-35(3)26-15-22(7-11-24(25)26)30-32-13-14-33-30/h4-12,15-17,19,29H,1,13-14,18H2,2-3H3,(H,32,33)(H,34,36). The van der Waals surface area contributed by atoms with Crippen LogP contribution >= 0.6 is 0 Å². The Morgan fingerprint density at radius 1 is 1.10 bits per heavy atom. The van der Waals surface area contributed by atoms with Crippen LogP contribution in [0.1, 0.15) is 41.0 Å². The first-order valence-electron chi connectivity index (χ1n) is 13.1. The molecule has 0 aliphatic carbocycles. The molecule has 40 heavy (non-hydrogen) atoms. The zero-order valence-corrected chi connectivity index (χ0v) is 23.2. The number of aliphatic imine (C=N–C) groups is 1. The van der Waals surface area contributed by atoms with Gasteiger partial charge in [0, 0.05) is 36.3 Å². The summed E-state index contributed by atoms with van der Waals surface area (Å²) >= 11 is 0. The molecule has 3 aromatic carbocycles. The number of ether oxygens (including phenoxy) is 2. The molecule has 1 aromatic heterocycles. The van der Waals surface area contributed by atoms with Crippen molar-refractivity contribution in [3.8, 4) is 11.5 Å². The number of nitrogens with zero attached hydrogens (tertiary/aromatic N) is 2. The molecule has 3 unspecified atom stereocenters. The van der Waals surface area contributed by atoms with Gasteiger partial charge in [-0.1, -0.05) is 43.3 Å². The highest BCUT2D eigenvalue weighted by Gasteiger charge is 2.30. The van der Waals surface area contributed by atoms with Gasteiger partial charge in [0.15, 0.2) is 22.5 Å². The minimum Gasteiger partial charge on any atom is -0.454 e. The summed E-state index contributed by atoms with van der Waals surface area (Å²) in [6.45, 7) is 7.59. The number of amidine groups is 1. The van der Waals surface area contributed by atoms with Crippen molar-refractivity contribution in [2.24, 2.45) is 12.0 Å². The number of aromatic nitrogens is 1. The number of benzene rings is 3. The van der Waals surface area contributed by atoms with E-state index in [4.69, 9.17) is 9.47 Å². The van der Waals surface area contributed by atoms with Gasteiger partial charge in [-0.2, -0.15) is 0 Å². The predicted molar refractivity (Wildman–Crippen MR) is 156 cm³/mol. The third kappa shape index (κ3) is 4.77. The van der Waals surface area contributed by atoms with Gasteiger partial charge in [0.1, 0.15) is 5.84 Å². The first kappa shape index (κ1) is 25.9. The molecular formula is C31H30N4O4S. The van der Waals surface area contributed by atoms with Gasteiger partial charge in [0.2, 0.25) is 12.7 Å². The zero-order chi connectivity index (χ0) is 27.8. The lowest BCUT2D eigenvalue weighted by Crippen LogP contribution is -2.31. The Bertz CT molecular complexity index is 1670. The Balaban J connectivity index is 1.37. The Hall–Kier alpha value is -4.37. The van der Waals surface area contributed by atoms with E-state index in [0.717, 1.165) is 46.5 Å². The molecule has 8 nitrogen and oxygen atoms in total. The molecule has 0 fully saturated rings. The van der Waals surface area contributed by atoms with Crippen LogP contribution in [0.2, 0.25) is 0 Å². The molecule has 6 rings (SSSR count). The molecule has 0 spiro atoms. The Morgan fingerprint density at radius 3 is 2.62 bits per heavy atom. The lowest BCUT2D eigenvalue weighted by Gasteiger charge is -2.18. The molecule has 9 heteroatoms. The normalized spacial score (nSPS) is 16.2. The van der Waals surface area contributed by atoms with Crippen LogP contribution in [0.4, 0.5) is 0 Å². The highest BCUT2D eigenvalue weighted by Crippen LogP contribution is 2.39. The van der Waals surface area contributed by atoms with Crippen molar-refractivity contribution in [3.05, 3.63) is 102 Å². The fourth-order valence-corrected chi connectivity index (χ4v) is 5.99. The van der Waals surface area contributed by atoms with E-state index in [1.165, 1.54) is 0 Å². The quantitative estimate of drug-likeness (QED) is 0.313. The van der Waals surface area contributed by atoms with E-state index in [1.54, 1.807) is 12.1 Å². The highest BCUT2D eigenvalue weighted by atomic mass is 32.2. The van der Waals surface area contributed by atoms with E-state index in [0.29, 0.717) is 22.0 Å². The SMILES string of the molecule is C=CC(C)c1ccc(S(=O)NC(=O)C(c2ccc3c(c2)OCO3)c2cn(C)c3cc(C4=NCCN4)ccc23)cc1. The monoisotopic (exact) mass is 554 g/mol. The van der Waals surface area contributed by atoms with Gasteiger partial charge in [-0.25, -0.2) is 4.21 Å². The molecule has 0 saturated carbocycles. The topological polar surface area (TPSA) is 94.0 Å². The summed E-state index contributed by atoms with van der Waals surface area (Å²) in [4.78, 5) is 19.0. The molecular weight excluding hydrogens is 524 g/mol. The molecule has 1 amide bonds. The summed E-state index contributed by atoms with van der Waals surface area (Å²) in [5, 5.41) is 4.24. The molecule has 2 aliphatic rings. The van der Waals surface area contributed by atoms with Crippen molar-refractivity contribution in [1.29, 1.82) is 0 Å². The van der Waals surface area contributed by atoms with Crippen LogP contribution in [0.5, 0.6) is 11.5 Å². The molecule has 204 valence electrons. The van der Waals surface area contributed by atoms with Crippen molar-refractivity contribution in [1.82, 2.24) is 14.6 Å². The molecule has 0 bridgehead atoms. The van der Waals surface area contributed by atoms with Gasteiger partial charge in [0.25, 0.3) is 0 Å². The summed E-state index contributed by atoms with van der Waals surface area (Å²) in [6, 6.07) is 19.0. The van der Waals surface area contributed by atoms with E-state index >= 15 is 0 Å². The lowest BCUT2D eigenvalue weighted by molar-refractivity contribution is -0.119. The first-order valence-corrected chi connectivity index (χ1v) is 14.3. The largest absolute Gasteiger partial charge is 0.454 e. The van der Waals surface area contributed by atoms with Crippen molar-refractivity contribution in [2.45, 2.75) is 23.7 Å². The molecule has 2 aliphatic heterocycles. The third-order valence-corrected chi connectivity index (χ3v) is 8.53. The van der Waals surface area contributed by atoms with E-state index in [1.807, 2.05) is 73.3 Å². The maximum atomic E-state index is 14.0. The fourth-order valence-electron chi connectivity index (χ4n) is 5.19. The molecule has 0 saturated heterocycles. The van der Waals surface area contributed by atoms with Crippen LogP contribution in [-0.4, -0.2) is 40.4 Å². The zero-order valence-electron chi connectivity index (χ0n) is 22.3. The number of aryl methyl sites for hydroxylation is 1. The van der Waals surface area contributed by atoms with Crippen LogP contribution in [-0.2, 0) is 22.8 Å².